The number of thiophene rings is 1. The molecule has 0 unspecified atom stereocenters. The predicted octanol–water partition coefficient (Wildman–Crippen LogP) is 3.77. The van der Waals surface area contributed by atoms with Crippen molar-refractivity contribution in [2.24, 2.45) is 0 Å². The molecule has 0 aliphatic rings. The van der Waals surface area contributed by atoms with Crippen LogP contribution in [0.5, 0.6) is 0 Å². The minimum atomic E-state index is -0.120. The van der Waals surface area contributed by atoms with Crippen molar-refractivity contribution in [2.45, 2.75) is 13.8 Å². The summed E-state index contributed by atoms with van der Waals surface area (Å²) < 4.78 is 0.776. The number of carbonyl (C=O) groups excluding carboxylic acids is 1. The Morgan fingerprint density at radius 1 is 1.47 bits per heavy atom. The van der Waals surface area contributed by atoms with Gasteiger partial charge in [0.2, 0.25) is 0 Å². The van der Waals surface area contributed by atoms with Crippen LogP contribution in [0.1, 0.15) is 20.1 Å². The van der Waals surface area contributed by atoms with Crippen LogP contribution in [0.4, 0.5) is 5.82 Å². The molecule has 2 aromatic heterocycles. The highest BCUT2D eigenvalue weighted by Crippen LogP contribution is 2.23. The fourth-order valence-corrected chi connectivity index (χ4v) is 2.62. The molecule has 5 heteroatoms. The Bertz CT molecular complexity index is 546. The molecule has 0 atom stereocenters. The molecule has 2 heterocycles. The van der Waals surface area contributed by atoms with E-state index in [4.69, 9.17) is 0 Å². The van der Waals surface area contributed by atoms with Gasteiger partial charge in [-0.1, -0.05) is 0 Å². The van der Waals surface area contributed by atoms with Gasteiger partial charge in [-0.2, -0.15) is 0 Å². The number of carbonyl (C=O) groups is 1. The van der Waals surface area contributed by atoms with Crippen LogP contribution in [0, 0.1) is 13.8 Å². The number of anilines is 1. The van der Waals surface area contributed by atoms with Gasteiger partial charge in [-0.25, -0.2) is 4.98 Å². The Labute approximate surface area is 112 Å². The molecule has 0 spiro atoms. The summed E-state index contributed by atoms with van der Waals surface area (Å²) in [4.78, 5) is 17.9. The summed E-state index contributed by atoms with van der Waals surface area (Å²) in [6.45, 7) is 4.01. The maximum atomic E-state index is 12.0. The van der Waals surface area contributed by atoms with E-state index in [-0.39, 0.29) is 5.91 Å². The molecule has 0 radical (unpaired) electrons. The minimum Gasteiger partial charge on any atom is -0.305 e. The smallest absolute Gasteiger partial charge is 0.266 e. The third-order valence-electron chi connectivity index (χ3n) is 2.38. The van der Waals surface area contributed by atoms with Gasteiger partial charge in [-0.3, -0.25) is 4.79 Å². The topological polar surface area (TPSA) is 42.0 Å². The van der Waals surface area contributed by atoms with Crippen molar-refractivity contribution >= 4 is 39.0 Å². The Hall–Kier alpha value is -1.20. The Balaban J connectivity index is 2.20. The summed E-state index contributed by atoms with van der Waals surface area (Å²) >= 11 is 4.84. The molecule has 17 heavy (non-hydrogen) atoms. The lowest BCUT2D eigenvalue weighted by atomic mass is 10.3. The van der Waals surface area contributed by atoms with Gasteiger partial charge in [-0.05, 0) is 53.5 Å². The Kier molecular flexibility index (Phi) is 3.59. The average molecular weight is 311 g/mol. The second kappa shape index (κ2) is 4.98. The molecular weight excluding hydrogens is 300 g/mol. The quantitative estimate of drug-likeness (QED) is 0.917. The number of hydrogen-bond acceptors (Lipinski definition) is 3. The van der Waals surface area contributed by atoms with Gasteiger partial charge < -0.3 is 5.32 Å². The van der Waals surface area contributed by atoms with Crippen molar-refractivity contribution in [1.82, 2.24) is 4.98 Å². The Morgan fingerprint density at radius 2 is 2.24 bits per heavy atom. The molecule has 0 saturated heterocycles. The molecule has 2 rings (SSSR count). The molecule has 0 aliphatic heterocycles. The van der Waals surface area contributed by atoms with Gasteiger partial charge in [-0.15, -0.1) is 11.3 Å². The first-order valence-corrected chi connectivity index (χ1v) is 6.68. The summed E-state index contributed by atoms with van der Waals surface area (Å²) in [5.74, 6) is 0.423. The molecule has 0 aromatic carbocycles. The van der Waals surface area contributed by atoms with E-state index in [1.165, 1.54) is 11.3 Å². The molecule has 3 nitrogen and oxygen atoms in total. The molecular formula is C12H11BrN2OS. The molecule has 0 bridgehead atoms. The average Bonchev–Trinajstić information content (AvgIpc) is 2.63. The van der Waals surface area contributed by atoms with E-state index in [1.54, 1.807) is 12.3 Å². The number of hydrogen-bond donors (Lipinski definition) is 1. The first-order valence-electron chi connectivity index (χ1n) is 5.07. The monoisotopic (exact) mass is 310 g/mol. The van der Waals surface area contributed by atoms with Crippen LogP contribution < -0.4 is 5.32 Å². The fraction of sp³-hybridized carbons (Fsp3) is 0.167. The van der Waals surface area contributed by atoms with Crippen LogP contribution >= 0.6 is 27.3 Å². The largest absolute Gasteiger partial charge is 0.305 e. The number of halogens is 1. The maximum absolute atomic E-state index is 12.0. The van der Waals surface area contributed by atoms with E-state index in [0.29, 0.717) is 10.7 Å². The number of amides is 1. The zero-order valence-corrected chi connectivity index (χ0v) is 11.9. The summed E-state index contributed by atoms with van der Waals surface area (Å²) in [5, 5.41) is 2.78. The zero-order valence-electron chi connectivity index (χ0n) is 9.45. The van der Waals surface area contributed by atoms with E-state index in [1.807, 2.05) is 26.0 Å². The van der Waals surface area contributed by atoms with Crippen molar-refractivity contribution < 1.29 is 4.79 Å². The van der Waals surface area contributed by atoms with Crippen molar-refractivity contribution in [3.63, 3.8) is 0 Å². The van der Waals surface area contributed by atoms with Gasteiger partial charge in [0.15, 0.2) is 0 Å². The number of aryl methyl sites for hydroxylation is 2. The summed E-state index contributed by atoms with van der Waals surface area (Å²) in [6.07, 6.45) is 1.64. The number of nitrogens with one attached hydrogen (secondary N) is 1. The van der Waals surface area contributed by atoms with Crippen LogP contribution in [0.15, 0.2) is 28.9 Å². The lowest BCUT2D eigenvalue weighted by molar-refractivity contribution is 0.103. The molecule has 2 aromatic rings. The normalized spacial score (nSPS) is 10.3. The van der Waals surface area contributed by atoms with Crippen LogP contribution in [0.2, 0.25) is 0 Å². The maximum Gasteiger partial charge on any atom is 0.266 e. The lowest BCUT2D eigenvalue weighted by Gasteiger charge is -2.03. The molecule has 0 aliphatic carbocycles. The van der Waals surface area contributed by atoms with E-state index >= 15 is 0 Å². The standard InChI is InChI=1S/C12H11BrN2OS/c1-7-6-10(17-8(7)2)12(16)15-11-9(13)4-3-5-14-11/h3-6H,1-2H3,(H,14,15,16). The third-order valence-corrected chi connectivity index (χ3v) is 4.17. The summed E-state index contributed by atoms with van der Waals surface area (Å²) in [5.41, 5.74) is 1.14. The number of nitrogens with zero attached hydrogens (tertiary/aromatic N) is 1. The highest BCUT2D eigenvalue weighted by atomic mass is 79.9. The number of rotatable bonds is 2. The highest BCUT2D eigenvalue weighted by molar-refractivity contribution is 9.10. The first-order chi connectivity index (χ1) is 8.08. The van der Waals surface area contributed by atoms with E-state index in [9.17, 15) is 4.79 Å². The minimum absolute atomic E-state index is 0.120. The second-order valence-corrected chi connectivity index (χ2v) is 5.75. The third kappa shape index (κ3) is 2.73. The van der Waals surface area contributed by atoms with Gasteiger partial charge in [0.05, 0.1) is 9.35 Å². The van der Waals surface area contributed by atoms with E-state index < -0.39 is 0 Å². The SMILES string of the molecule is Cc1cc(C(=O)Nc2ncccc2Br)sc1C. The van der Waals surface area contributed by atoms with Crippen molar-refractivity contribution in [3.05, 3.63) is 44.2 Å². The predicted molar refractivity (Wildman–Crippen MR) is 73.7 cm³/mol. The summed E-state index contributed by atoms with van der Waals surface area (Å²) in [6, 6.07) is 5.54. The highest BCUT2D eigenvalue weighted by Gasteiger charge is 2.12. The molecule has 0 saturated carbocycles. The number of pyridine rings is 1. The van der Waals surface area contributed by atoms with E-state index in [2.05, 4.69) is 26.2 Å². The lowest BCUT2D eigenvalue weighted by Crippen LogP contribution is -2.11. The van der Waals surface area contributed by atoms with Gasteiger partial charge in [0.25, 0.3) is 5.91 Å². The van der Waals surface area contributed by atoms with Gasteiger partial charge in [0.1, 0.15) is 5.82 Å². The first kappa shape index (κ1) is 12.3. The van der Waals surface area contributed by atoms with Gasteiger partial charge >= 0.3 is 0 Å². The second-order valence-electron chi connectivity index (χ2n) is 3.64. The van der Waals surface area contributed by atoms with Crippen molar-refractivity contribution in [1.29, 1.82) is 0 Å². The molecule has 1 N–H and O–H groups in total. The summed E-state index contributed by atoms with van der Waals surface area (Å²) in [7, 11) is 0. The molecule has 88 valence electrons. The Morgan fingerprint density at radius 3 is 2.82 bits per heavy atom. The van der Waals surface area contributed by atoms with Crippen molar-refractivity contribution in [2.75, 3.05) is 5.32 Å². The van der Waals surface area contributed by atoms with Crippen LogP contribution in [0.25, 0.3) is 0 Å². The fourth-order valence-electron chi connectivity index (χ4n) is 1.33. The van der Waals surface area contributed by atoms with Crippen LogP contribution in [0.3, 0.4) is 0 Å². The molecule has 1 amide bonds. The zero-order chi connectivity index (χ0) is 12.4. The van der Waals surface area contributed by atoms with Crippen LogP contribution in [-0.2, 0) is 0 Å². The van der Waals surface area contributed by atoms with Gasteiger partial charge in [0, 0.05) is 11.1 Å². The number of aromatic nitrogens is 1. The van der Waals surface area contributed by atoms with E-state index in [0.717, 1.165) is 14.9 Å². The molecule has 0 fully saturated rings. The van der Waals surface area contributed by atoms with Crippen molar-refractivity contribution in [3.8, 4) is 0 Å². The van der Waals surface area contributed by atoms with Crippen LogP contribution in [-0.4, -0.2) is 10.9 Å².